The molecule has 0 spiro atoms. The number of methoxy groups -OCH3 is 1. The summed E-state index contributed by atoms with van der Waals surface area (Å²) in [6.07, 6.45) is 8.24. The second-order valence-electron chi connectivity index (χ2n) is 6.64. The lowest BCUT2D eigenvalue weighted by Crippen LogP contribution is -2.36. The SMILES string of the molecule is COC1CCCC(C2CC(C(C)C)CCC2=O)C1. The Kier molecular flexibility index (Phi) is 4.83. The lowest BCUT2D eigenvalue weighted by atomic mass is 9.67. The molecule has 0 aromatic carbocycles. The standard InChI is InChI=1S/C16H28O2/c1-11(2)12-7-8-16(17)15(10-12)13-5-4-6-14(9-13)18-3/h11-15H,4-10H2,1-3H3. The molecule has 2 nitrogen and oxygen atoms in total. The maximum absolute atomic E-state index is 12.2. The lowest BCUT2D eigenvalue weighted by molar-refractivity contribution is -0.129. The van der Waals surface area contributed by atoms with Gasteiger partial charge in [-0.25, -0.2) is 0 Å². The van der Waals surface area contributed by atoms with Crippen molar-refractivity contribution in [3.8, 4) is 0 Å². The monoisotopic (exact) mass is 252 g/mol. The Bertz CT molecular complexity index is 285. The first kappa shape index (κ1) is 14.0. The van der Waals surface area contributed by atoms with Gasteiger partial charge in [0.2, 0.25) is 0 Å². The maximum atomic E-state index is 12.2. The van der Waals surface area contributed by atoms with Crippen LogP contribution in [0.3, 0.4) is 0 Å². The molecule has 2 heteroatoms. The maximum Gasteiger partial charge on any atom is 0.136 e. The molecule has 2 aliphatic rings. The van der Waals surface area contributed by atoms with Gasteiger partial charge in [0.05, 0.1) is 6.10 Å². The third-order valence-corrected chi connectivity index (χ3v) is 5.24. The van der Waals surface area contributed by atoms with Crippen LogP contribution in [0.2, 0.25) is 0 Å². The second-order valence-corrected chi connectivity index (χ2v) is 6.64. The zero-order chi connectivity index (χ0) is 13.1. The number of carbonyl (C=O) groups is 1. The van der Waals surface area contributed by atoms with E-state index in [1.807, 2.05) is 7.11 Å². The molecule has 2 aliphatic carbocycles. The molecule has 0 heterocycles. The number of ether oxygens (including phenoxy) is 1. The van der Waals surface area contributed by atoms with Crippen molar-refractivity contribution >= 4 is 5.78 Å². The summed E-state index contributed by atoms with van der Waals surface area (Å²) in [6, 6.07) is 0. The second kappa shape index (κ2) is 6.18. The van der Waals surface area contributed by atoms with Crippen LogP contribution in [-0.2, 0) is 9.53 Å². The summed E-state index contributed by atoms with van der Waals surface area (Å²) in [5.74, 6) is 2.95. The molecule has 0 aliphatic heterocycles. The van der Waals surface area contributed by atoms with E-state index < -0.39 is 0 Å². The molecule has 0 amide bonds. The van der Waals surface area contributed by atoms with Crippen molar-refractivity contribution in [3.05, 3.63) is 0 Å². The third kappa shape index (κ3) is 3.14. The van der Waals surface area contributed by atoms with E-state index >= 15 is 0 Å². The molecular formula is C16H28O2. The Morgan fingerprint density at radius 3 is 2.61 bits per heavy atom. The fourth-order valence-electron chi connectivity index (χ4n) is 3.91. The van der Waals surface area contributed by atoms with E-state index in [1.54, 1.807) is 0 Å². The average Bonchev–Trinajstić information content (AvgIpc) is 2.39. The molecule has 0 radical (unpaired) electrons. The van der Waals surface area contributed by atoms with Gasteiger partial charge in [0.1, 0.15) is 5.78 Å². The van der Waals surface area contributed by atoms with Crippen LogP contribution < -0.4 is 0 Å². The molecule has 4 atom stereocenters. The van der Waals surface area contributed by atoms with Crippen LogP contribution in [0.15, 0.2) is 0 Å². The molecule has 0 N–H and O–H groups in total. The van der Waals surface area contributed by atoms with Crippen molar-refractivity contribution in [2.24, 2.45) is 23.7 Å². The van der Waals surface area contributed by atoms with Gasteiger partial charge in [-0.15, -0.1) is 0 Å². The van der Waals surface area contributed by atoms with E-state index in [-0.39, 0.29) is 0 Å². The number of Topliss-reactive ketones (excluding diaryl/α,β-unsaturated/α-hetero) is 1. The molecule has 18 heavy (non-hydrogen) atoms. The number of hydrogen-bond acceptors (Lipinski definition) is 2. The highest BCUT2D eigenvalue weighted by molar-refractivity contribution is 5.82. The predicted octanol–water partition coefficient (Wildman–Crippen LogP) is 3.83. The van der Waals surface area contributed by atoms with Crippen molar-refractivity contribution in [1.29, 1.82) is 0 Å². The van der Waals surface area contributed by atoms with Gasteiger partial charge in [-0.1, -0.05) is 20.3 Å². The summed E-state index contributed by atoms with van der Waals surface area (Å²) in [6.45, 7) is 4.60. The fraction of sp³-hybridized carbons (Fsp3) is 0.938. The molecule has 0 aromatic rings. The summed E-state index contributed by atoms with van der Waals surface area (Å²) in [5.41, 5.74) is 0. The Morgan fingerprint density at radius 2 is 1.94 bits per heavy atom. The van der Waals surface area contributed by atoms with Gasteiger partial charge in [0.25, 0.3) is 0 Å². The van der Waals surface area contributed by atoms with Crippen LogP contribution in [0.4, 0.5) is 0 Å². The largest absolute Gasteiger partial charge is 0.381 e. The minimum atomic E-state index is 0.337. The molecule has 4 unspecified atom stereocenters. The highest BCUT2D eigenvalue weighted by Gasteiger charge is 2.37. The summed E-state index contributed by atoms with van der Waals surface area (Å²) < 4.78 is 5.51. The van der Waals surface area contributed by atoms with E-state index in [0.29, 0.717) is 23.7 Å². The topological polar surface area (TPSA) is 26.3 Å². The van der Waals surface area contributed by atoms with Crippen LogP contribution in [-0.4, -0.2) is 19.0 Å². The summed E-state index contributed by atoms with van der Waals surface area (Å²) in [7, 11) is 1.81. The summed E-state index contributed by atoms with van der Waals surface area (Å²) >= 11 is 0. The molecule has 0 bridgehead atoms. The molecule has 0 aromatic heterocycles. The quantitative estimate of drug-likeness (QED) is 0.763. The van der Waals surface area contributed by atoms with E-state index in [4.69, 9.17) is 4.74 Å². The molecule has 2 fully saturated rings. The van der Waals surface area contributed by atoms with Crippen molar-refractivity contribution in [1.82, 2.24) is 0 Å². The van der Waals surface area contributed by atoms with Crippen LogP contribution in [0, 0.1) is 23.7 Å². The summed E-state index contributed by atoms with van der Waals surface area (Å²) in [4.78, 5) is 12.2. The normalized spacial score (nSPS) is 38.1. The Hall–Kier alpha value is -0.370. The first-order chi connectivity index (χ1) is 8.61. The molecule has 104 valence electrons. The fourth-order valence-corrected chi connectivity index (χ4v) is 3.91. The first-order valence-corrected chi connectivity index (χ1v) is 7.67. The van der Waals surface area contributed by atoms with Gasteiger partial charge in [-0.05, 0) is 49.9 Å². The number of carbonyl (C=O) groups excluding carboxylic acids is 1. The minimum absolute atomic E-state index is 0.337. The van der Waals surface area contributed by atoms with Crippen molar-refractivity contribution in [2.45, 2.75) is 64.9 Å². The van der Waals surface area contributed by atoms with Gasteiger partial charge in [0.15, 0.2) is 0 Å². The smallest absolute Gasteiger partial charge is 0.136 e. The van der Waals surface area contributed by atoms with Crippen molar-refractivity contribution < 1.29 is 9.53 Å². The number of ketones is 1. The van der Waals surface area contributed by atoms with Gasteiger partial charge < -0.3 is 4.74 Å². The Morgan fingerprint density at radius 1 is 1.17 bits per heavy atom. The lowest BCUT2D eigenvalue weighted by Gasteiger charge is -2.38. The van der Waals surface area contributed by atoms with Gasteiger partial charge in [-0.2, -0.15) is 0 Å². The number of hydrogen-bond donors (Lipinski definition) is 0. The summed E-state index contributed by atoms with van der Waals surface area (Å²) in [5, 5.41) is 0. The first-order valence-electron chi connectivity index (χ1n) is 7.67. The van der Waals surface area contributed by atoms with E-state index in [9.17, 15) is 4.79 Å². The van der Waals surface area contributed by atoms with Crippen molar-refractivity contribution in [2.75, 3.05) is 7.11 Å². The van der Waals surface area contributed by atoms with Gasteiger partial charge >= 0.3 is 0 Å². The molecule has 0 saturated heterocycles. The molecule has 2 saturated carbocycles. The predicted molar refractivity (Wildman–Crippen MR) is 73.4 cm³/mol. The highest BCUT2D eigenvalue weighted by atomic mass is 16.5. The van der Waals surface area contributed by atoms with E-state index in [1.165, 1.54) is 19.3 Å². The van der Waals surface area contributed by atoms with E-state index in [0.717, 1.165) is 37.5 Å². The van der Waals surface area contributed by atoms with Gasteiger partial charge in [-0.3, -0.25) is 4.79 Å². The average molecular weight is 252 g/mol. The van der Waals surface area contributed by atoms with Crippen LogP contribution in [0.5, 0.6) is 0 Å². The number of rotatable bonds is 3. The minimum Gasteiger partial charge on any atom is -0.381 e. The van der Waals surface area contributed by atoms with Crippen LogP contribution in [0.1, 0.15) is 58.8 Å². The molecule has 2 rings (SSSR count). The Balaban J connectivity index is 1.98. The third-order valence-electron chi connectivity index (χ3n) is 5.24. The zero-order valence-corrected chi connectivity index (χ0v) is 12.2. The van der Waals surface area contributed by atoms with Crippen molar-refractivity contribution in [3.63, 3.8) is 0 Å². The Labute approximate surface area is 111 Å². The highest BCUT2D eigenvalue weighted by Crippen LogP contribution is 2.41. The van der Waals surface area contributed by atoms with Crippen LogP contribution in [0.25, 0.3) is 0 Å². The molecular weight excluding hydrogens is 224 g/mol. The van der Waals surface area contributed by atoms with E-state index in [2.05, 4.69) is 13.8 Å². The van der Waals surface area contributed by atoms with Gasteiger partial charge in [0, 0.05) is 19.4 Å². The zero-order valence-electron chi connectivity index (χ0n) is 12.2. The van der Waals surface area contributed by atoms with Crippen LogP contribution >= 0.6 is 0 Å².